The Labute approximate surface area is 157 Å². The fourth-order valence-corrected chi connectivity index (χ4v) is 4.93. The lowest BCUT2D eigenvalue weighted by atomic mass is 9.81. The Morgan fingerprint density at radius 1 is 1.08 bits per heavy atom. The molecule has 1 aromatic rings. The zero-order valence-corrected chi connectivity index (χ0v) is 17.1. The van der Waals surface area contributed by atoms with Crippen LogP contribution in [-0.2, 0) is 14.8 Å². The van der Waals surface area contributed by atoms with Gasteiger partial charge in [0.1, 0.15) is 0 Å². The lowest BCUT2D eigenvalue weighted by Crippen LogP contribution is -2.55. The molecule has 0 atom stereocenters. The standard InChI is InChI=1S/C19H31N3O3S/c1-5-19(6-2,14-20)18(23)21-9-11-22(12-10-21)26(24,25)17-8-7-15(3)16(4)13-17/h7-8,13H,5-6,9-12,14,20H2,1-4H3. The van der Waals surface area contributed by atoms with Gasteiger partial charge in [0.15, 0.2) is 0 Å². The molecule has 0 aliphatic carbocycles. The molecule has 0 saturated carbocycles. The summed E-state index contributed by atoms with van der Waals surface area (Å²) in [5.74, 6) is 0.0493. The summed E-state index contributed by atoms with van der Waals surface area (Å²) >= 11 is 0. The highest BCUT2D eigenvalue weighted by Crippen LogP contribution is 2.29. The smallest absolute Gasteiger partial charge is 0.243 e. The molecule has 0 bridgehead atoms. The summed E-state index contributed by atoms with van der Waals surface area (Å²) in [6.45, 7) is 9.59. The molecule has 1 amide bonds. The second-order valence-electron chi connectivity index (χ2n) is 7.13. The molecule has 1 aromatic carbocycles. The van der Waals surface area contributed by atoms with E-state index in [1.807, 2.05) is 33.8 Å². The first-order valence-electron chi connectivity index (χ1n) is 9.28. The Morgan fingerprint density at radius 2 is 1.65 bits per heavy atom. The second kappa shape index (κ2) is 8.06. The number of sulfonamides is 1. The number of rotatable bonds is 6. The highest BCUT2D eigenvalue weighted by Gasteiger charge is 2.39. The number of aryl methyl sites for hydroxylation is 2. The lowest BCUT2D eigenvalue weighted by molar-refractivity contribution is -0.143. The van der Waals surface area contributed by atoms with Gasteiger partial charge in [0.2, 0.25) is 15.9 Å². The van der Waals surface area contributed by atoms with E-state index in [4.69, 9.17) is 5.73 Å². The molecule has 2 N–H and O–H groups in total. The van der Waals surface area contributed by atoms with Gasteiger partial charge in [0.25, 0.3) is 0 Å². The zero-order valence-electron chi connectivity index (χ0n) is 16.3. The highest BCUT2D eigenvalue weighted by molar-refractivity contribution is 7.89. The van der Waals surface area contributed by atoms with E-state index in [1.165, 1.54) is 4.31 Å². The van der Waals surface area contributed by atoms with Crippen LogP contribution in [0.2, 0.25) is 0 Å². The Morgan fingerprint density at radius 3 is 2.12 bits per heavy atom. The van der Waals surface area contributed by atoms with Gasteiger partial charge >= 0.3 is 0 Å². The van der Waals surface area contributed by atoms with Crippen LogP contribution in [0.25, 0.3) is 0 Å². The summed E-state index contributed by atoms with van der Waals surface area (Å²) < 4.78 is 27.3. The van der Waals surface area contributed by atoms with Crippen LogP contribution in [0.1, 0.15) is 37.8 Å². The highest BCUT2D eigenvalue weighted by atomic mass is 32.2. The van der Waals surface area contributed by atoms with Crippen molar-refractivity contribution in [2.45, 2.75) is 45.4 Å². The summed E-state index contributed by atoms with van der Waals surface area (Å²) in [5.41, 5.74) is 7.37. The van der Waals surface area contributed by atoms with Gasteiger partial charge < -0.3 is 10.6 Å². The number of hydrogen-bond donors (Lipinski definition) is 1. The van der Waals surface area contributed by atoms with Gasteiger partial charge in [-0.15, -0.1) is 0 Å². The van der Waals surface area contributed by atoms with Gasteiger partial charge in [0.05, 0.1) is 10.3 Å². The third-order valence-corrected chi connectivity index (χ3v) is 7.73. The Hall–Kier alpha value is -1.44. The lowest BCUT2D eigenvalue weighted by Gasteiger charge is -2.39. The van der Waals surface area contributed by atoms with Crippen molar-refractivity contribution in [3.63, 3.8) is 0 Å². The maximum Gasteiger partial charge on any atom is 0.243 e. The van der Waals surface area contributed by atoms with E-state index in [1.54, 1.807) is 17.0 Å². The average molecular weight is 382 g/mol. The van der Waals surface area contributed by atoms with Crippen LogP contribution < -0.4 is 5.73 Å². The first-order valence-corrected chi connectivity index (χ1v) is 10.7. The van der Waals surface area contributed by atoms with Gasteiger partial charge in [-0.25, -0.2) is 8.42 Å². The van der Waals surface area contributed by atoms with Gasteiger partial charge in [-0.2, -0.15) is 4.31 Å². The fourth-order valence-electron chi connectivity index (χ4n) is 3.42. The second-order valence-corrected chi connectivity index (χ2v) is 9.07. The predicted molar refractivity (Wildman–Crippen MR) is 103 cm³/mol. The molecule has 0 aromatic heterocycles. The van der Waals surface area contributed by atoms with Gasteiger partial charge in [0, 0.05) is 32.7 Å². The van der Waals surface area contributed by atoms with E-state index in [0.717, 1.165) is 11.1 Å². The maximum absolute atomic E-state index is 12.9. The fraction of sp³-hybridized carbons (Fsp3) is 0.632. The number of hydrogen-bond acceptors (Lipinski definition) is 4. The topological polar surface area (TPSA) is 83.7 Å². The summed E-state index contributed by atoms with van der Waals surface area (Å²) in [7, 11) is -3.53. The van der Waals surface area contributed by atoms with Gasteiger partial charge in [-0.05, 0) is 49.9 Å². The Balaban J connectivity index is 2.12. The molecule has 6 nitrogen and oxygen atoms in total. The molecule has 0 radical (unpaired) electrons. The van der Waals surface area contributed by atoms with E-state index in [2.05, 4.69) is 0 Å². The van der Waals surface area contributed by atoms with E-state index in [0.29, 0.717) is 50.5 Å². The number of carbonyl (C=O) groups excluding carboxylic acids is 1. The van der Waals surface area contributed by atoms with Gasteiger partial charge in [-0.1, -0.05) is 19.9 Å². The molecule has 26 heavy (non-hydrogen) atoms. The third kappa shape index (κ3) is 3.80. The van der Waals surface area contributed by atoms with Crippen molar-refractivity contribution in [2.24, 2.45) is 11.1 Å². The van der Waals surface area contributed by atoms with Crippen molar-refractivity contribution in [1.29, 1.82) is 0 Å². The number of nitrogens with two attached hydrogens (primary N) is 1. The van der Waals surface area contributed by atoms with Crippen LogP contribution in [0, 0.1) is 19.3 Å². The minimum atomic E-state index is -3.53. The molecule has 1 heterocycles. The van der Waals surface area contributed by atoms with E-state index >= 15 is 0 Å². The number of amides is 1. The third-order valence-electron chi connectivity index (χ3n) is 5.84. The molecule has 1 aliphatic heterocycles. The molecule has 1 aliphatic rings. The number of benzene rings is 1. The van der Waals surface area contributed by atoms with E-state index < -0.39 is 15.4 Å². The molecule has 2 rings (SSSR count). The molecule has 7 heteroatoms. The van der Waals surface area contributed by atoms with Crippen molar-refractivity contribution in [2.75, 3.05) is 32.7 Å². The zero-order chi connectivity index (χ0) is 19.5. The molecular weight excluding hydrogens is 350 g/mol. The molecular formula is C19H31N3O3S. The van der Waals surface area contributed by atoms with Crippen molar-refractivity contribution in [3.05, 3.63) is 29.3 Å². The normalized spacial score (nSPS) is 16.7. The van der Waals surface area contributed by atoms with Gasteiger partial charge in [-0.3, -0.25) is 4.79 Å². The van der Waals surface area contributed by atoms with Crippen molar-refractivity contribution in [3.8, 4) is 0 Å². The minimum Gasteiger partial charge on any atom is -0.340 e. The predicted octanol–water partition coefficient (Wildman–Crippen LogP) is 1.90. The molecule has 1 fully saturated rings. The van der Waals surface area contributed by atoms with E-state index in [9.17, 15) is 13.2 Å². The monoisotopic (exact) mass is 381 g/mol. The number of carbonyl (C=O) groups is 1. The van der Waals surface area contributed by atoms with Crippen LogP contribution in [0.4, 0.5) is 0 Å². The van der Waals surface area contributed by atoms with Crippen molar-refractivity contribution < 1.29 is 13.2 Å². The summed E-state index contributed by atoms with van der Waals surface area (Å²) in [6, 6.07) is 5.21. The minimum absolute atomic E-state index is 0.0493. The van der Waals surface area contributed by atoms with Crippen LogP contribution in [0.15, 0.2) is 23.1 Å². The van der Waals surface area contributed by atoms with Crippen LogP contribution in [-0.4, -0.2) is 56.3 Å². The Bertz CT molecular complexity index is 741. The first-order chi connectivity index (χ1) is 12.2. The molecule has 0 spiro atoms. The number of piperazine rings is 1. The summed E-state index contributed by atoms with van der Waals surface area (Å²) in [5, 5.41) is 0. The van der Waals surface area contributed by atoms with Crippen molar-refractivity contribution >= 4 is 15.9 Å². The Kier molecular flexibility index (Phi) is 6.47. The summed E-state index contributed by atoms with van der Waals surface area (Å²) in [4.78, 5) is 15.0. The summed E-state index contributed by atoms with van der Waals surface area (Å²) in [6.07, 6.45) is 1.39. The van der Waals surface area contributed by atoms with Crippen LogP contribution >= 0.6 is 0 Å². The SMILES string of the molecule is CCC(CC)(CN)C(=O)N1CCN(S(=O)(=O)c2ccc(C)c(C)c2)CC1. The van der Waals surface area contributed by atoms with Crippen LogP contribution in [0.5, 0.6) is 0 Å². The largest absolute Gasteiger partial charge is 0.340 e. The quantitative estimate of drug-likeness (QED) is 0.816. The molecule has 1 saturated heterocycles. The molecule has 0 unspecified atom stereocenters. The molecule has 146 valence electrons. The van der Waals surface area contributed by atoms with Crippen molar-refractivity contribution in [1.82, 2.24) is 9.21 Å². The maximum atomic E-state index is 12.9. The number of nitrogens with zero attached hydrogens (tertiary/aromatic N) is 2. The first kappa shape index (κ1) is 20.9. The van der Waals surface area contributed by atoms with Crippen LogP contribution in [0.3, 0.4) is 0 Å². The average Bonchev–Trinajstić information content (AvgIpc) is 2.65. The van der Waals surface area contributed by atoms with E-state index in [-0.39, 0.29) is 5.91 Å².